The summed E-state index contributed by atoms with van der Waals surface area (Å²) in [6.45, 7) is 1.83. The van der Waals surface area contributed by atoms with Gasteiger partial charge in [-0.2, -0.15) is 0 Å². The zero-order valence-electron chi connectivity index (χ0n) is 15.8. The van der Waals surface area contributed by atoms with E-state index >= 15 is 0 Å². The van der Waals surface area contributed by atoms with E-state index in [4.69, 9.17) is 27.9 Å². The number of rotatable bonds is 4. The highest BCUT2D eigenvalue weighted by Crippen LogP contribution is 2.53. The van der Waals surface area contributed by atoms with Crippen LogP contribution < -0.4 is 9.64 Å². The van der Waals surface area contributed by atoms with Gasteiger partial charge in [0.25, 0.3) is 0 Å². The topological polar surface area (TPSA) is 29.5 Å². The molecule has 1 amide bonds. The van der Waals surface area contributed by atoms with Crippen LogP contribution in [0.2, 0.25) is 10.0 Å². The zero-order chi connectivity index (χ0) is 20.8. The number of ether oxygens (including phenoxy) is 1. The van der Waals surface area contributed by atoms with Gasteiger partial charge in [0.1, 0.15) is 11.6 Å². The van der Waals surface area contributed by atoms with Crippen LogP contribution in [-0.2, 0) is 10.2 Å². The van der Waals surface area contributed by atoms with E-state index in [1.807, 2.05) is 31.2 Å². The summed E-state index contributed by atoms with van der Waals surface area (Å²) in [6, 6.07) is 18.8. The molecular weight excluding hydrogens is 412 g/mol. The van der Waals surface area contributed by atoms with Gasteiger partial charge in [-0.3, -0.25) is 4.79 Å². The number of hydrogen-bond acceptors (Lipinski definition) is 2. The Morgan fingerprint density at radius 2 is 1.66 bits per heavy atom. The Labute approximate surface area is 178 Å². The van der Waals surface area contributed by atoms with Crippen molar-refractivity contribution in [2.24, 2.45) is 0 Å². The number of methoxy groups -OCH3 is 1. The standard InChI is InChI=1S/C23H18Cl2FNO2/c1-23(15-5-12-19(25)20(26)13-15)21(14-3-6-16(24)7-4-14)27(22(23)28)17-8-10-18(29-2)11-9-17/h3-13,21H,1-2H3/t21-,23-/m0/s1. The van der Waals surface area contributed by atoms with E-state index in [9.17, 15) is 9.18 Å². The summed E-state index contributed by atoms with van der Waals surface area (Å²) in [5, 5.41) is 0.633. The zero-order valence-corrected chi connectivity index (χ0v) is 17.3. The van der Waals surface area contributed by atoms with Crippen molar-refractivity contribution >= 4 is 34.8 Å². The molecule has 1 heterocycles. The molecule has 0 N–H and O–H groups in total. The number of β-lactam (4-membered cyclic amide) rings is 1. The first kappa shape index (κ1) is 19.7. The van der Waals surface area contributed by atoms with Gasteiger partial charge in [0, 0.05) is 10.7 Å². The number of carbonyl (C=O) groups excluding carboxylic acids is 1. The summed E-state index contributed by atoms with van der Waals surface area (Å²) >= 11 is 11.9. The number of amides is 1. The predicted molar refractivity (Wildman–Crippen MR) is 113 cm³/mol. The molecule has 148 valence electrons. The van der Waals surface area contributed by atoms with Crippen molar-refractivity contribution in [2.75, 3.05) is 12.0 Å². The second-order valence-electron chi connectivity index (χ2n) is 7.16. The lowest BCUT2D eigenvalue weighted by Crippen LogP contribution is -2.65. The Bertz CT molecular complexity index is 1070. The predicted octanol–water partition coefficient (Wildman–Crippen LogP) is 6.19. The first-order valence-corrected chi connectivity index (χ1v) is 9.80. The van der Waals surface area contributed by atoms with E-state index in [-0.39, 0.29) is 17.0 Å². The molecule has 2 atom stereocenters. The van der Waals surface area contributed by atoms with E-state index in [1.165, 1.54) is 12.1 Å². The van der Waals surface area contributed by atoms with Gasteiger partial charge in [0.15, 0.2) is 0 Å². The molecule has 0 spiro atoms. The molecule has 6 heteroatoms. The Morgan fingerprint density at radius 3 is 2.24 bits per heavy atom. The molecule has 1 saturated heterocycles. The minimum atomic E-state index is -0.945. The minimum Gasteiger partial charge on any atom is -0.497 e. The maximum atomic E-state index is 14.2. The van der Waals surface area contributed by atoms with Crippen LogP contribution in [0.5, 0.6) is 5.75 Å². The molecule has 0 aliphatic carbocycles. The van der Waals surface area contributed by atoms with Gasteiger partial charge >= 0.3 is 0 Å². The fraction of sp³-hybridized carbons (Fsp3) is 0.174. The SMILES string of the molecule is COc1ccc(N2C(=O)[C@@](C)(c3ccc(Cl)c(F)c3)[C@@H]2c2ccc(Cl)cc2)cc1. The third-order valence-corrected chi connectivity index (χ3v) is 6.08. The fourth-order valence-corrected chi connectivity index (χ4v) is 4.16. The lowest BCUT2D eigenvalue weighted by Gasteiger charge is -2.55. The molecule has 0 radical (unpaired) electrons. The maximum absolute atomic E-state index is 14.2. The number of halogens is 3. The average Bonchev–Trinajstić information content (AvgIpc) is 2.74. The number of benzene rings is 3. The highest BCUT2D eigenvalue weighted by molar-refractivity contribution is 6.31. The van der Waals surface area contributed by atoms with Crippen molar-refractivity contribution in [2.45, 2.75) is 18.4 Å². The first-order valence-electron chi connectivity index (χ1n) is 9.05. The highest BCUT2D eigenvalue weighted by Gasteiger charge is 2.59. The Kier molecular flexibility index (Phi) is 5.01. The van der Waals surface area contributed by atoms with Crippen LogP contribution in [-0.4, -0.2) is 13.0 Å². The fourth-order valence-electron chi connectivity index (χ4n) is 3.91. The van der Waals surface area contributed by atoms with Crippen molar-refractivity contribution in [1.82, 2.24) is 0 Å². The van der Waals surface area contributed by atoms with Gasteiger partial charge in [-0.15, -0.1) is 0 Å². The molecule has 29 heavy (non-hydrogen) atoms. The second-order valence-corrected chi connectivity index (χ2v) is 8.00. The molecule has 0 unspecified atom stereocenters. The average molecular weight is 430 g/mol. The number of hydrogen-bond donors (Lipinski definition) is 0. The van der Waals surface area contributed by atoms with Crippen molar-refractivity contribution in [3.63, 3.8) is 0 Å². The molecule has 3 nitrogen and oxygen atoms in total. The maximum Gasteiger partial charge on any atom is 0.240 e. The molecular formula is C23H18Cl2FNO2. The molecule has 0 saturated carbocycles. The smallest absolute Gasteiger partial charge is 0.240 e. The number of anilines is 1. The Hall–Kier alpha value is -2.56. The van der Waals surface area contributed by atoms with E-state index in [1.54, 1.807) is 42.3 Å². The third-order valence-electron chi connectivity index (χ3n) is 5.52. The molecule has 1 aliphatic heterocycles. The largest absolute Gasteiger partial charge is 0.497 e. The molecule has 1 fully saturated rings. The van der Waals surface area contributed by atoms with Crippen molar-refractivity contribution in [3.05, 3.63) is 93.7 Å². The Balaban J connectivity index is 1.83. The van der Waals surface area contributed by atoms with Crippen LogP contribution >= 0.6 is 23.2 Å². The van der Waals surface area contributed by atoms with Gasteiger partial charge in [-0.05, 0) is 66.6 Å². The summed E-state index contributed by atoms with van der Waals surface area (Å²) in [5.41, 5.74) is 1.28. The summed E-state index contributed by atoms with van der Waals surface area (Å²) in [7, 11) is 1.59. The summed E-state index contributed by atoms with van der Waals surface area (Å²) in [4.78, 5) is 15.1. The quantitative estimate of drug-likeness (QED) is 0.462. The van der Waals surface area contributed by atoms with Crippen LogP contribution in [0.3, 0.4) is 0 Å². The molecule has 3 aromatic carbocycles. The van der Waals surface area contributed by atoms with E-state index in [0.717, 1.165) is 11.3 Å². The van der Waals surface area contributed by atoms with E-state index in [2.05, 4.69) is 0 Å². The summed E-state index contributed by atoms with van der Waals surface area (Å²) < 4.78 is 19.4. The van der Waals surface area contributed by atoms with Gasteiger partial charge in [-0.1, -0.05) is 41.4 Å². The lowest BCUT2D eigenvalue weighted by molar-refractivity contribution is -0.132. The third kappa shape index (κ3) is 3.17. The second kappa shape index (κ2) is 7.36. The van der Waals surface area contributed by atoms with E-state index < -0.39 is 11.2 Å². The van der Waals surface area contributed by atoms with Crippen LogP contribution in [0.1, 0.15) is 24.1 Å². The van der Waals surface area contributed by atoms with Crippen LogP contribution in [0.4, 0.5) is 10.1 Å². The first-order chi connectivity index (χ1) is 13.9. The number of carbonyl (C=O) groups is 1. The summed E-state index contributed by atoms with van der Waals surface area (Å²) in [5.74, 6) is 0.0348. The lowest BCUT2D eigenvalue weighted by atomic mass is 9.64. The van der Waals surface area contributed by atoms with Gasteiger partial charge in [-0.25, -0.2) is 4.39 Å². The van der Waals surface area contributed by atoms with Crippen LogP contribution in [0.15, 0.2) is 66.7 Å². The molecule has 1 aliphatic rings. The molecule has 0 bridgehead atoms. The highest BCUT2D eigenvalue weighted by atomic mass is 35.5. The van der Waals surface area contributed by atoms with Gasteiger partial charge < -0.3 is 9.64 Å². The molecule has 4 rings (SSSR count). The van der Waals surface area contributed by atoms with Crippen LogP contribution in [0, 0.1) is 5.82 Å². The summed E-state index contributed by atoms with van der Waals surface area (Å²) in [6.07, 6.45) is 0. The minimum absolute atomic E-state index is 0.0270. The van der Waals surface area contributed by atoms with Crippen molar-refractivity contribution < 1.29 is 13.9 Å². The Morgan fingerprint density at radius 1 is 1.00 bits per heavy atom. The molecule has 3 aromatic rings. The normalized spacial score (nSPS) is 21.1. The van der Waals surface area contributed by atoms with Crippen molar-refractivity contribution in [1.29, 1.82) is 0 Å². The number of nitrogens with zero attached hydrogens (tertiary/aromatic N) is 1. The van der Waals surface area contributed by atoms with Gasteiger partial charge in [0.05, 0.1) is 23.6 Å². The monoisotopic (exact) mass is 429 g/mol. The van der Waals surface area contributed by atoms with E-state index in [0.29, 0.717) is 16.3 Å². The molecule has 0 aromatic heterocycles. The van der Waals surface area contributed by atoms with Crippen LogP contribution in [0.25, 0.3) is 0 Å². The van der Waals surface area contributed by atoms with Gasteiger partial charge in [0.2, 0.25) is 5.91 Å². The van der Waals surface area contributed by atoms with Crippen molar-refractivity contribution in [3.8, 4) is 5.75 Å².